The van der Waals surface area contributed by atoms with Crippen LogP contribution in [0.4, 0.5) is 0 Å². The topological polar surface area (TPSA) is 12.0 Å². The fourth-order valence-corrected chi connectivity index (χ4v) is 2.62. The molecule has 0 fully saturated rings. The van der Waals surface area contributed by atoms with Gasteiger partial charge >= 0.3 is 0 Å². The van der Waals surface area contributed by atoms with Crippen molar-refractivity contribution in [2.24, 2.45) is 5.92 Å². The molecule has 1 heteroatoms. The maximum absolute atomic E-state index is 3.66. The molecule has 0 aromatic heterocycles. The number of hydrogen-bond donors (Lipinski definition) is 1. The van der Waals surface area contributed by atoms with E-state index < -0.39 is 0 Å². The molecule has 0 amide bonds. The molecule has 0 heterocycles. The second-order valence-electron chi connectivity index (χ2n) is 4.85. The first kappa shape index (κ1) is 14.2. The highest BCUT2D eigenvalue weighted by molar-refractivity contribution is 5.30. The van der Waals surface area contributed by atoms with Crippen molar-refractivity contribution >= 4 is 0 Å². The van der Waals surface area contributed by atoms with E-state index in [4.69, 9.17) is 0 Å². The lowest BCUT2D eigenvalue weighted by atomic mass is 9.87. The third-order valence-electron chi connectivity index (χ3n) is 3.51. The Balaban J connectivity index is 2.95. The van der Waals surface area contributed by atoms with Gasteiger partial charge < -0.3 is 5.32 Å². The van der Waals surface area contributed by atoms with Crippen LogP contribution >= 0.6 is 0 Å². The molecule has 0 bridgehead atoms. The Labute approximate surface area is 107 Å². The molecule has 2 unspecified atom stereocenters. The zero-order valence-corrected chi connectivity index (χ0v) is 11.8. The molecule has 1 aromatic carbocycles. The molecule has 0 aliphatic carbocycles. The summed E-state index contributed by atoms with van der Waals surface area (Å²) in [6.45, 7) is 10.1. The van der Waals surface area contributed by atoms with Crippen LogP contribution in [0.3, 0.4) is 0 Å². The van der Waals surface area contributed by atoms with Crippen LogP contribution in [0, 0.1) is 5.92 Å². The van der Waals surface area contributed by atoms with E-state index in [1.807, 2.05) is 0 Å². The Morgan fingerprint density at radius 1 is 1.12 bits per heavy atom. The molecule has 96 valence electrons. The van der Waals surface area contributed by atoms with E-state index in [2.05, 4.69) is 57.3 Å². The first-order chi connectivity index (χ1) is 8.24. The fourth-order valence-electron chi connectivity index (χ4n) is 2.62. The van der Waals surface area contributed by atoms with Crippen LogP contribution in [0.25, 0.3) is 0 Å². The molecule has 17 heavy (non-hydrogen) atoms. The minimum Gasteiger partial charge on any atom is -0.310 e. The first-order valence-corrected chi connectivity index (χ1v) is 7.05. The molecule has 2 atom stereocenters. The van der Waals surface area contributed by atoms with Crippen molar-refractivity contribution < 1.29 is 0 Å². The van der Waals surface area contributed by atoms with Gasteiger partial charge in [0.15, 0.2) is 0 Å². The summed E-state index contributed by atoms with van der Waals surface area (Å²) in [7, 11) is 0. The molecule has 1 rings (SSSR count). The van der Waals surface area contributed by atoms with Crippen molar-refractivity contribution in [3.8, 4) is 0 Å². The summed E-state index contributed by atoms with van der Waals surface area (Å²) in [4.78, 5) is 0. The van der Waals surface area contributed by atoms with E-state index in [0.29, 0.717) is 12.0 Å². The molecule has 0 aliphatic heterocycles. The second kappa shape index (κ2) is 7.50. The third kappa shape index (κ3) is 3.85. The van der Waals surface area contributed by atoms with Gasteiger partial charge in [0.05, 0.1) is 0 Å². The van der Waals surface area contributed by atoms with Crippen LogP contribution in [0.5, 0.6) is 0 Å². The Bertz CT molecular complexity index is 319. The van der Waals surface area contributed by atoms with Gasteiger partial charge in [-0.3, -0.25) is 0 Å². The number of aryl methyl sites for hydroxylation is 1. The first-order valence-electron chi connectivity index (χ1n) is 7.05. The van der Waals surface area contributed by atoms with Crippen LogP contribution in [0.15, 0.2) is 24.3 Å². The molecular formula is C16H27N. The van der Waals surface area contributed by atoms with E-state index in [-0.39, 0.29) is 0 Å². The molecule has 0 aliphatic rings. The van der Waals surface area contributed by atoms with Crippen molar-refractivity contribution in [1.29, 1.82) is 0 Å². The molecule has 0 saturated carbocycles. The maximum atomic E-state index is 3.66. The van der Waals surface area contributed by atoms with Crippen LogP contribution < -0.4 is 5.32 Å². The van der Waals surface area contributed by atoms with Gasteiger partial charge in [0.2, 0.25) is 0 Å². The lowest BCUT2D eigenvalue weighted by Gasteiger charge is -2.27. The van der Waals surface area contributed by atoms with Crippen LogP contribution in [-0.2, 0) is 6.42 Å². The molecule has 0 spiro atoms. The van der Waals surface area contributed by atoms with Crippen LogP contribution in [-0.4, -0.2) is 6.54 Å². The Morgan fingerprint density at radius 3 is 2.41 bits per heavy atom. The lowest BCUT2D eigenvalue weighted by Crippen LogP contribution is -2.27. The van der Waals surface area contributed by atoms with E-state index in [9.17, 15) is 0 Å². The van der Waals surface area contributed by atoms with Crippen molar-refractivity contribution in [2.75, 3.05) is 6.54 Å². The van der Waals surface area contributed by atoms with Crippen molar-refractivity contribution in [1.82, 2.24) is 5.32 Å². The maximum Gasteiger partial charge on any atom is 0.0348 e. The quantitative estimate of drug-likeness (QED) is 0.739. The van der Waals surface area contributed by atoms with Crippen molar-refractivity contribution in [3.05, 3.63) is 35.4 Å². The molecule has 1 nitrogen and oxygen atoms in total. The van der Waals surface area contributed by atoms with Gasteiger partial charge in [-0.15, -0.1) is 0 Å². The number of hydrogen-bond acceptors (Lipinski definition) is 1. The predicted molar refractivity (Wildman–Crippen MR) is 76.3 cm³/mol. The number of nitrogens with one attached hydrogen (secondary N) is 1. The zero-order valence-electron chi connectivity index (χ0n) is 11.8. The van der Waals surface area contributed by atoms with E-state index >= 15 is 0 Å². The Morgan fingerprint density at radius 2 is 1.82 bits per heavy atom. The standard InChI is InChI=1S/C16H27N/c1-5-10-13(4)16(17-7-3)15-12-9-8-11-14(15)6-2/h8-9,11-13,16-17H,5-7,10H2,1-4H3. The van der Waals surface area contributed by atoms with Gasteiger partial charge in [-0.05, 0) is 36.4 Å². The van der Waals surface area contributed by atoms with Crippen LogP contribution in [0.2, 0.25) is 0 Å². The highest BCUT2D eigenvalue weighted by Gasteiger charge is 2.19. The van der Waals surface area contributed by atoms with Crippen molar-refractivity contribution in [3.63, 3.8) is 0 Å². The SMILES string of the molecule is CCCC(C)C(NCC)c1ccccc1CC. The van der Waals surface area contributed by atoms with E-state index in [1.54, 1.807) is 0 Å². The Kier molecular flexibility index (Phi) is 6.28. The second-order valence-corrected chi connectivity index (χ2v) is 4.85. The lowest BCUT2D eigenvalue weighted by molar-refractivity contribution is 0.367. The molecule has 0 radical (unpaired) electrons. The highest BCUT2D eigenvalue weighted by atomic mass is 14.9. The number of rotatable bonds is 7. The average molecular weight is 233 g/mol. The van der Waals surface area contributed by atoms with Gasteiger partial charge in [-0.2, -0.15) is 0 Å². The summed E-state index contributed by atoms with van der Waals surface area (Å²) in [5.74, 6) is 0.702. The van der Waals surface area contributed by atoms with Gasteiger partial charge in [0.25, 0.3) is 0 Å². The largest absolute Gasteiger partial charge is 0.310 e. The molecule has 1 aromatic rings. The number of benzene rings is 1. The van der Waals surface area contributed by atoms with E-state index in [0.717, 1.165) is 13.0 Å². The summed E-state index contributed by atoms with van der Waals surface area (Å²) in [6, 6.07) is 9.38. The monoisotopic (exact) mass is 233 g/mol. The van der Waals surface area contributed by atoms with Crippen molar-refractivity contribution in [2.45, 2.75) is 53.0 Å². The summed E-state index contributed by atoms with van der Waals surface area (Å²) < 4.78 is 0. The normalized spacial score (nSPS) is 14.6. The smallest absolute Gasteiger partial charge is 0.0348 e. The van der Waals surface area contributed by atoms with Gasteiger partial charge in [0, 0.05) is 6.04 Å². The highest BCUT2D eigenvalue weighted by Crippen LogP contribution is 2.28. The summed E-state index contributed by atoms with van der Waals surface area (Å²) in [5, 5.41) is 3.66. The minimum absolute atomic E-state index is 0.510. The average Bonchev–Trinajstić information content (AvgIpc) is 2.36. The molecule has 1 N–H and O–H groups in total. The van der Waals surface area contributed by atoms with Crippen LogP contribution in [0.1, 0.15) is 57.7 Å². The fraction of sp³-hybridized carbons (Fsp3) is 0.625. The molecular weight excluding hydrogens is 206 g/mol. The third-order valence-corrected chi connectivity index (χ3v) is 3.51. The summed E-state index contributed by atoms with van der Waals surface area (Å²) in [5.41, 5.74) is 2.99. The minimum atomic E-state index is 0.510. The zero-order chi connectivity index (χ0) is 12.7. The predicted octanol–water partition coefficient (Wildman–Crippen LogP) is 4.34. The van der Waals surface area contributed by atoms with E-state index in [1.165, 1.54) is 24.0 Å². The van der Waals surface area contributed by atoms with Gasteiger partial charge in [0.1, 0.15) is 0 Å². The van der Waals surface area contributed by atoms with Gasteiger partial charge in [-0.25, -0.2) is 0 Å². The Hall–Kier alpha value is -0.820. The molecule has 0 saturated heterocycles. The summed E-state index contributed by atoms with van der Waals surface area (Å²) >= 11 is 0. The summed E-state index contributed by atoms with van der Waals surface area (Å²) in [6.07, 6.45) is 3.67. The van der Waals surface area contributed by atoms with Gasteiger partial charge in [-0.1, -0.05) is 58.4 Å².